The van der Waals surface area contributed by atoms with Gasteiger partial charge in [-0.2, -0.15) is 0 Å². The van der Waals surface area contributed by atoms with Gasteiger partial charge in [-0.1, -0.05) is 94.9 Å². The Balaban J connectivity index is 0.000000420. The van der Waals surface area contributed by atoms with Crippen LogP contribution in [0.2, 0.25) is 0 Å². The number of piperidine rings is 2. The number of carbonyl (C=O) groups is 8. The third kappa shape index (κ3) is 20.6. The molecule has 0 aromatic carbocycles. The maximum Gasteiger partial charge on any atom is 0.355 e. The maximum atomic E-state index is 14.3. The quantitative estimate of drug-likeness (QED) is 0.0393. The van der Waals surface area contributed by atoms with Crippen molar-refractivity contribution in [2.45, 2.75) is 208 Å². The van der Waals surface area contributed by atoms with E-state index in [0.717, 1.165) is 74.3 Å². The molecular formula is C58H94N6O14S2. The highest BCUT2D eigenvalue weighted by molar-refractivity contribution is 7.10. The lowest BCUT2D eigenvalue weighted by molar-refractivity contribution is -0.161. The lowest BCUT2D eigenvalue weighted by atomic mass is 9.82. The number of aliphatic hydroxyl groups excluding tert-OH is 2. The van der Waals surface area contributed by atoms with E-state index >= 15 is 0 Å². The summed E-state index contributed by atoms with van der Waals surface area (Å²) in [6, 6.07) is -1.51. The monoisotopic (exact) mass is 1160 g/mol. The number of esters is 2. The Morgan fingerprint density at radius 1 is 0.650 bits per heavy atom. The van der Waals surface area contributed by atoms with E-state index < -0.39 is 66.7 Å². The van der Waals surface area contributed by atoms with Crippen molar-refractivity contribution in [3.05, 3.63) is 32.2 Å². The van der Waals surface area contributed by atoms with Crippen LogP contribution in [0.15, 0.2) is 10.8 Å². The fourth-order valence-corrected chi connectivity index (χ4v) is 12.2. The number of ether oxygens (including phenoxy) is 2. The van der Waals surface area contributed by atoms with Crippen molar-refractivity contribution in [3.8, 4) is 0 Å². The predicted octanol–water partition coefficient (Wildman–Crippen LogP) is 9.05. The molecule has 0 aliphatic carbocycles. The number of hydrogen-bond acceptors (Lipinski definition) is 18. The topological polar surface area (TPSA) is 275 Å². The number of thiazole rings is 2. The van der Waals surface area contributed by atoms with Gasteiger partial charge in [0.05, 0.1) is 12.1 Å². The number of amides is 2. The number of likely N-dealkylation sites (tertiary alicyclic amines) is 2. The van der Waals surface area contributed by atoms with Gasteiger partial charge in [-0.3, -0.25) is 38.6 Å². The van der Waals surface area contributed by atoms with Gasteiger partial charge in [0, 0.05) is 73.2 Å². The molecule has 2 aromatic heterocycles. The smallest absolute Gasteiger partial charge is 0.355 e. The molecule has 2 unspecified atom stereocenters. The van der Waals surface area contributed by atoms with Crippen LogP contribution in [0, 0.1) is 35.5 Å². The number of hydrogen-bond donors (Lipinski definition) is 4. The first-order valence-corrected chi connectivity index (χ1v) is 30.7. The molecule has 80 heavy (non-hydrogen) atoms. The molecule has 2 fully saturated rings. The highest BCUT2D eigenvalue weighted by Gasteiger charge is 2.41. The first kappa shape index (κ1) is 69.5. The van der Waals surface area contributed by atoms with Crippen molar-refractivity contribution in [1.29, 1.82) is 0 Å². The van der Waals surface area contributed by atoms with Crippen molar-refractivity contribution < 1.29 is 68.3 Å². The lowest BCUT2D eigenvalue weighted by Crippen LogP contribution is -2.50. The molecule has 10 atom stereocenters. The van der Waals surface area contributed by atoms with E-state index in [1.807, 2.05) is 83.3 Å². The molecule has 4 rings (SSSR count). The van der Waals surface area contributed by atoms with Crippen LogP contribution in [-0.4, -0.2) is 162 Å². The molecule has 20 nitrogen and oxygen atoms in total. The minimum atomic E-state index is -1.18. The number of rotatable bonds is 32. The van der Waals surface area contributed by atoms with Crippen LogP contribution in [-0.2, 0) is 38.2 Å². The molecule has 4 heterocycles. The molecule has 2 aliphatic heterocycles. The number of aromatic carboxylic acids is 2. The van der Waals surface area contributed by atoms with Crippen molar-refractivity contribution in [1.82, 2.24) is 29.6 Å². The SMILES string of the molecule is CCCC(=O)OCN(C(=O)[C@@H](CC(=O)C1CCCCN1C)[C@@H](C)CC)[C@H](C[C@@H](O)c1nc(C(=O)O)cs1)C(C)C.CCCC(=O)O[C@H](C[C@H](C(C)C)N(CO)C(=O)[C@@H](CC(=O)C1CCCCN1C)[C@@H](C)CC)c1nc(C(=O)O)cs1. The van der Waals surface area contributed by atoms with E-state index in [9.17, 15) is 58.8 Å². The number of ketones is 2. The van der Waals surface area contributed by atoms with Gasteiger partial charge in [-0.25, -0.2) is 19.6 Å². The summed E-state index contributed by atoms with van der Waals surface area (Å²) >= 11 is 2.13. The molecule has 2 amide bonds. The summed E-state index contributed by atoms with van der Waals surface area (Å²) < 4.78 is 11.3. The molecule has 2 aliphatic rings. The third-order valence-electron chi connectivity index (χ3n) is 16.0. The number of carboxylic acids is 2. The lowest BCUT2D eigenvalue weighted by Gasteiger charge is -2.39. The second-order valence-corrected chi connectivity index (χ2v) is 24.3. The highest BCUT2D eigenvalue weighted by atomic mass is 32.1. The zero-order valence-electron chi connectivity index (χ0n) is 49.6. The van der Waals surface area contributed by atoms with Crippen molar-refractivity contribution in [2.24, 2.45) is 35.5 Å². The first-order valence-electron chi connectivity index (χ1n) is 28.9. The number of Topliss-reactive ketones (excluding diaryl/α,β-unsaturated/α-hetero) is 2. The van der Waals surface area contributed by atoms with Gasteiger partial charge in [0.1, 0.15) is 22.9 Å². The Morgan fingerprint density at radius 2 is 1.09 bits per heavy atom. The Labute approximate surface area is 482 Å². The fraction of sp³-hybridized carbons (Fsp3) is 0.759. The minimum absolute atomic E-state index is 0.0499. The Hall–Kier alpha value is -4.74. The number of carboxylic acid groups (broad SMARTS) is 2. The fourth-order valence-electron chi connectivity index (χ4n) is 10.6. The van der Waals surface area contributed by atoms with E-state index in [1.54, 1.807) is 0 Å². The van der Waals surface area contributed by atoms with E-state index in [-0.39, 0.29) is 121 Å². The van der Waals surface area contributed by atoms with Gasteiger partial charge >= 0.3 is 23.9 Å². The third-order valence-corrected chi connectivity index (χ3v) is 17.9. The van der Waals surface area contributed by atoms with Crippen LogP contribution in [0.4, 0.5) is 0 Å². The molecular weight excluding hydrogens is 1070 g/mol. The van der Waals surface area contributed by atoms with Gasteiger partial charge in [0.2, 0.25) is 11.8 Å². The Bertz CT molecular complexity index is 2300. The number of nitrogens with zero attached hydrogens (tertiary/aromatic N) is 6. The van der Waals surface area contributed by atoms with Crippen LogP contribution in [0.5, 0.6) is 0 Å². The average Bonchev–Trinajstić information content (AvgIpc) is 4.18. The molecule has 0 spiro atoms. The predicted molar refractivity (Wildman–Crippen MR) is 306 cm³/mol. The molecule has 2 saturated heterocycles. The summed E-state index contributed by atoms with van der Waals surface area (Å²) in [6.07, 6.45) is 7.05. The average molecular weight is 1160 g/mol. The highest BCUT2D eigenvalue weighted by Crippen LogP contribution is 2.35. The van der Waals surface area contributed by atoms with E-state index in [1.165, 1.54) is 20.6 Å². The maximum absolute atomic E-state index is 14.3. The zero-order valence-corrected chi connectivity index (χ0v) is 51.2. The van der Waals surface area contributed by atoms with Crippen LogP contribution in [0.25, 0.3) is 0 Å². The van der Waals surface area contributed by atoms with Crippen LogP contribution >= 0.6 is 22.7 Å². The normalized spacial score (nSPS) is 19.1. The summed E-state index contributed by atoms with van der Waals surface area (Å²) in [4.78, 5) is 118. The van der Waals surface area contributed by atoms with E-state index in [0.29, 0.717) is 30.7 Å². The molecule has 22 heteroatoms. The van der Waals surface area contributed by atoms with Crippen molar-refractivity contribution in [3.63, 3.8) is 0 Å². The van der Waals surface area contributed by atoms with E-state index in [4.69, 9.17) is 9.47 Å². The van der Waals surface area contributed by atoms with Crippen LogP contribution in [0.1, 0.15) is 215 Å². The first-order chi connectivity index (χ1) is 37.8. The summed E-state index contributed by atoms with van der Waals surface area (Å²) in [6.45, 7) is 20.1. The van der Waals surface area contributed by atoms with Gasteiger partial charge in [-0.05, 0) is 89.4 Å². The second-order valence-electron chi connectivity index (χ2n) is 22.6. The molecule has 452 valence electrons. The standard InChI is InChI=1S/2C29H47N3O7S/c1-7-11-26(35)39-17-32(23(18(3)4)15-25(34)27-30-21(16-40-27)29(37)38)28(36)20(19(5)8-2)14-24(33)22-12-9-10-13-31(22)6;1-7-11-26(35)39-25(27-30-21(16-40-27)29(37)38)15-23(18(3)4)32(17-33)28(36)20(19(5)8-2)14-24(34)22-12-9-10-13-31(22)6/h16,18-20,22-23,25,34H,7-15,17H2,1-6H3,(H,37,38);16,18-20,22-23,25,33H,7-15,17H2,1-6H3,(H,37,38)/t2*19-,20-,22?,23+,25+/m00/s1. The molecule has 2 aromatic rings. The second kappa shape index (κ2) is 34.6. The van der Waals surface area contributed by atoms with Crippen molar-refractivity contribution in [2.75, 3.05) is 40.6 Å². The number of aromatic nitrogens is 2. The summed E-state index contributed by atoms with van der Waals surface area (Å²) in [7, 11) is 3.90. The Kier molecular flexibility index (Phi) is 30.1. The Morgan fingerprint density at radius 3 is 1.50 bits per heavy atom. The largest absolute Gasteiger partial charge is 0.476 e. The summed E-state index contributed by atoms with van der Waals surface area (Å²) in [5.41, 5.74) is -0.291. The van der Waals surface area contributed by atoms with E-state index in [2.05, 4.69) is 19.8 Å². The van der Waals surface area contributed by atoms with Crippen LogP contribution in [0.3, 0.4) is 0 Å². The molecule has 0 bridgehead atoms. The number of carbonyl (C=O) groups excluding carboxylic acids is 6. The summed E-state index contributed by atoms with van der Waals surface area (Å²) in [5.74, 6) is -5.35. The zero-order chi connectivity index (χ0) is 60.0. The molecule has 0 saturated carbocycles. The minimum Gasteiger partial charge on any atom is -0.476 e. The summed E-state index contributed by atoms with van der Waals surface area (Å²) in [5, 5.41) is 43.4. The van der Waals surface area contributed by atoms with Gasteiger partial charge < -0.3 is 39.7 Å². The van der Waals surface area contributed by atoms with Crippen LogP contribution < -0.4 is 0 Å². The molecule has 4 N–H and O–H groups in total. The number of aliphatic hydroxyl groups is 2. The van der Waals surface area contributed by atoms with Gasteiger partial charge in [-0.15, -0.1) is 22.7 Å². The van der Waals surface area contributed by atoms with Gasteiger partial charge in [0.15, 0.2) is 35.8 Å². The van der Waals surface area contributed by atoms with Gasteiger partial charge in [0.25, 0.3) is 0 Å². The molecule has 0 radical (unpaired) electrons. The number of likely N-dealkylation sites (N-methyl/N-ethyl adjacent to an activating group) is 2. The van der Waals surface area contributed by atoms with Crippen molar-refractivity contribution >= 4 is 69.9 Å².